The largest absolute Gasteiger partial charge is 0.497 e. The number of rotatable bonds is 5. The summed E-state index contributed by atoms with van der Waals surface area (Å²) >= 11 is 0. The number of methoxy groups -OCH3 is 1. The van der Waals surface area contributed by atoms with Gasteiger partial charge in [-0.3, -0.25) is 14.7 Å². The monoisotopic (exact) mass is 397 g/mol. The van der Waals surface area contributed by atoms with Crippen LogP contribution in [0.25, 0.3) is 0 Å². The van der Waals surface area contributed by atoms with Crippen molar-refractivity contribution in [1.82, 2.24) is 14.8 Å². The lowest BCUT2D eigenvalue weighted by Crippen LogP contribution is -2.49. The Bertz CT molecular complexity index is 903. The summed E-state index contributed by atoms with van der Waals surface area (Å²) in [6, 6.07) is 10.8. The van der Waals surface area contributed by atoms with Crippen molar-refractivity contribution >= 4 is 5.91 Å². The molecule has 4 rings (SSSR count). The van der Waals surface area contributed by atoms with E-state index in [0.29, 0.717) is 24.4 Å². The lowest BCUT2D eigenvalue weighted by atomic mass is 9.78. The molecule has 0 radical (unpaired) electrons. The van der Waals surface area contributed by atoms with Crippen molar-refractivity contribution in [3.8, 4) is 5.75 Å². The second kappa shape index (κ2) is 8.11. The van der Waals surface area contributed by atoms with Crippen molar-refractivity contribution in [1.29, 1.82) is 0 Å². The Kier molecular flexibility index (Phi) is 5.54. The quantitative estimate of drug-likeness (QED) is 0.774. The predicted molar refractivity (Wildman–Crippen MR) is 109 cm³/mol. The molecule has 6 heteroatoms. The van der Waals surface area contributed by atoms with Crippen molar-refractivity contribution in [3.05, 3.63) is 59.2 Å². The van der Waals surface area contributed by atoms with Gasteiger partial charge in [0, 0.05) is 37.4 Å². The molecule has 1 aromatic carbocycles. The number of carbonyl (C=O) groups excluding carboxylic acids is 1. The van der Waals surface area contributed by atoms with Gasteiger partial charge in [-0.05, 0) is 63.1 Å². The number of halogens is 1. The summed E-state index contributed by atoms with van der Waals surface area (Å²) < 4.78 is 19.5. The van der Waals surface area contributed by atoms with Crippen LogP contribution in [0.15, 0.2) is 36.4 Å². The Hall–Kier alpha value is -2.47. The summed E-state index contributed by atoms with van der Waals surface area (Å²) in [5, 5.41) is 0. The minimum atomic E-state index is -0.350. The molecule has 0 aliphatic carbocycles. The Morgan fingerprint density at radius 1 is 1.17 bits per heavy atom. The Morgan fingerprint density at radius 2 is 2.03 bits per heavy atom. The summed E-state index contributed by atoms with van der Waals surface area (Å²) in [6.07, 6.45) is 2.71. The number of ether oxygens (including phenoxy) is 1. The highest BCUT2D eigenvalue weighted by atomic mass is 19.1. The Labute approximate surface area is 171 Å². The van der Waals surface area contributed by atoms with Gasteiger partial charge in [-0.25, -0.2) is 4.39 Å². The lowest BCUT2D eigenvalue weighted by molar-refractivity contribution is -0.146. The number of likely N-dealkylation sites (tertiary alicyclic amines) is 2. The van der Waals surface area contributed by atoms with Gasteiger partial charge in [-0.2, -0.15) is 0 Å². The number of piperidine rings is 1. The van der Waals surface area contributed by atoms with Gasteiger partial charge in [0.2, 0.25) is 5.91 Å². The number of hydrogen-bond donors (Lipinski definition) is 0. The number of benzene rings is 1. The van der Waals surface area contributed by atoms with Crippen molar-refractivity contribution in [3.63, 3.8) is 0 Å². The third kappa shape index (κ3) is 4.13. The van der Waals surface area contributed by atoms with Crippen LogP contribution in [0.4, 0.5) is 4.39 Å². The molecule has 1 aromatic heterocycles. The minimum Gasteiger partial charge on any atom is -0.497 e. The van der Waals surface area contributed by atoms with Crippen LogP contribution < -0.4 is 4.74 Å². The number of pyridine rings is 1. The summed E-state index contributed by atoms with van der Waals surface area (Å²) in [5.41, 5.74) is 2.21. The molecule has 2 aliphatic rings. The number of aromatic nitrogens is 1. The first-order valence-electron chi connectivity index (χ1n) is 10.3. The average Bonchev–Trinajstić information content (AvgIpc) is 3.10. The van der Waals surface area contributed by atoms with Crippen molar-refractivity contribution in [2.75, 3.05) is 26.7 Å². The fourth-order valence-corrected chi connectivity index (χ4v) is 4.70. The predicted octanol–water partition coefficient (Wildman–Crippen LogP) is 3.55. The smallest absolute Gasteiger partial charge is 0.230 e. The molecule has 1 unspecified atom stereocenters. The first kappa shape index (κ1) is 19.8. The summed E-state index contributed by atoms with van der Waals surface area (Å²) in [5.74, 6) is 0.473. The zero-order valence-corrected chi connectivity index (χ0v) is 17.2. The van der Waals surface area contributed by atoms with Gasteiger partial charge in [-0.1, -0.05) is 6.07 Å². The number of hydrogen-bond acceptors (Lipinski definition) is 4. The topological polar surface area (TPSA) is 45.7 Å². The number of carbonyl (C=O) groups is 1. The third-order valence-corrected chi connectivity index (χ3v) is 6.20. The van der Waals surface area contributed by atoms with E-state index in [0.717, 1.165) is 50.3 Å². The first-order chi connectivity index (χ1) is 14.0. The maximum Gasteiger partial charge on any atom is 0.230 e. The fourth-order valence-electron chi connectivity index (χ4n) is 4.70. The van der Waals surface area contributed by atoms with E-state index in [2.05, 4.69) is 9.88 Å². The van der Waals surface area contributed by atoms with E-state index in [9.17, 15) is 9.18 Å². The SMILES string of the molecule is COc1ccc(F)c(CN2CCCC3(CCN(Cc4cccc(C)n4)C3)C2=O)c1. The van der Waals surface area contributed by atoms with Gasteiger partial charge in [0.1, 0.15) is 11.6 Å². The molecule has 3 heterocycles. The molecule has 29 heavy (non-hydrogen) atoms. The van der Waals surface area contributed by atoms with Crippen LogP contribution in [0.1, 0.15) is 36.2 Å². The summed E-state index contributed by atoms with van der Waals surface area (Å²) in [4.78, 5) is 22.2. The highest BCUT2D eigenvalue weighted by molar-refractivity contribution is 5.84. The molecular weight excluding hydrogens is 369 g/mol. The van der Waals surface area contributed by atoms with Crippen molar-refractivity contribution < 1.29 is 13.9 Å². The van der Waals surface area contributed by atoms with Gasteiger partial charge in [0.15, 0.2) is 0 Å². The molecule has 5 nitrogen and oxygen atoms in total. The van der Waals surface area contributed by atoms with Crippen LogP contribution in [-0.2, 0) is 17.9 Å². The van der Waals surface area contributed by atoms with Crippen LogP contribution in [0, 0.1) is 18.2 Å². The molecule has 0 saturated carbocycles. The van der Waals surface area contributed by atoms with Gasteiger partial charge >= 0.3 is 0 Å². The molecule has 1 spiro atoms. The molecule has 1 amide bonds. The molecule has 2 saturated heterocycles. The maximum absolute atomic E-state index is 14.3. The molecule has 2 aromatic rings. The second-order valence-electron chi connectivity index (χ2n) is 8.30. The van der Waals surface area contributed by atoms with Gasteiger partial charge in [0.05, 0.1) is 18.2 Å². The van der Waals surface area contributed by atoms with Gasteiger partial charge < -0.3 is 9.64 Å². The third-order valence-electron chi connectivity index (χ3n) is 6.20. The molecule has 0 N–H and O–H groups in total. The molecule has 1 atom stereocenters. The van der Waals surface area contributed by atoms with E-state index in [1.54, 1.807) is 19.2 Å². The number of aryl methyl sites for hydroxylation is 1. The van der Waals surface area contributed by atoms with E-state index in [1.807, 2.05) is 30.0 Å². The summed E-state index contributed by atoms with van der Waals surface area (Å²) in [6.45, 7) is 5.37. The first-order valence-corrected chi connectivity index (χ1v) is 10.3. The fraction of sp³-hybridized carbons (Fsp3) is 0.478. The Balaban J connectivity index is 1.46. The highest BCUT2D eigenvalue weighted by Crippen LogP contribution is 2.41. The summed E-state index contributed by atoms with van der Waals surface area (Å²) in [7, 11) is 1.56. The molecule has 2 aliphatic heterocycles. The van der Waals surface area contributed by atoms with Gasteiger partial charge in [-0.15, -0.1) is 0 Å². The maximum atomic E-state index is 14.3. The number of nitrogens with zero attached hydrogens (tertiary/aromatic N) is 3. The van der Waals surface area contributed by atoms with Crippen molar-refractivity contribution in [2.24, 2.45) is 5.41 Å². The average molecular weight is 397 g/mol. The van der Waals surface area contributed by atoms with Crippen LogP contribution in [0.3, 0.4) is 0 Å². The van der Waals surface area contributed by atoms with Crippen LogP contribution in [-0.4, -0.2) is 47.4 Å². The number of amides is 1. The van der Waals surface area contributed by atoms with Crippen LogP contribution in [0.5, 0.6) is 5.75 Å². The molecule has 0 bridgehead atoms. The molecular formula is C23H28FN3O2. The molecule has 154 valence electrons. The van der Waals surface area contributed by atoms with E-state index >= 15 is 0 Å². The Morgan fingerprint density at radius 3 is 2.83 bits per heavy atom. The van der Waals surface area contributed by atoms with Gasteiger partial charge in [0.25, 0.3) is 0 Å². The van der Waals surface area contributed by atoms with Crippen LogP contribution in [0.2, 0.25) is 0 Å². The van der Waals surface area contributed by atoms with E-state index < -0.39 is 0 Å². The standard InChI is InChI=1S/C23H28FN3O2/c1-17-5-3-6-19(25-17)15-26-12-10-23(16-26)9-4-11-27(22(23)28)14-18-13-20(29-2)7-8-21(18)24/h3,5-8,13H,4,9-12,14-16H2,1-2H3. The van der Waals surface area contributed by atoms with E-state index in [1.165, 1.54) is 6.07 Å². The highest BCUT2D eigenvalue weighted by Gasteiger charge is 2.48. The van der Waals surface area contributed by atoms with Crippen LogP contribution >= 0.6 is 0 Å². The zero-order chi connectivity index (χ0) is 20.4. The lowest BCUT2D eigenvalue weighted by Gasteiger charge is -2.39. The normalized spacial score (nSPS) is 22.4. The van der Waals surface area contributed by atoms with E-state index in [-0.39, 0.29) is 17.1 Å². The minimum absolute atomic E-state index is 0.158. The second-order valence-corrected chi connectivity index (χ2v) is 8.30. The van der Waals surface area contributed by atoms with E-state index in [4.69, 9.17) is 4.74 Å². The molecule has 2 fully saturated rings. The van der Waals surface area contributed by atoms with Crippen molar-refractivity contribution in [2.45, 2.75) is 39.3 Å². The zero-order valence-electron chi connectivity index (χ0n) is 17.2.